The number of nitrogens with zero attached hydrogens (tertiary/aromatic N) is 2. The summed E-state index contributed by atoms with van der Waals surface area (Å²) in [6.45, 7) is 2.12. The van der Waals surface area contributed by atoms with Crippen molar-refractivity contribution in [1.29, 1.82) is 0 Å². The van der Waals surface area contributed by atoms with Crippen LogP contribution in [0, 0.1) is 3.57 Å². The summed E-state index contributed by atoms with van der Waals surface area (Å²) in [5.74, 6) is -0.517. The van der Waals surface area contributed by atoms with E-state index in [1.807, 2.05) is 6.92 Å². The topological polar surface area (TPSA) is 68.7 Å². The third-order valence-electron chi connectivity index (χ3n) is 2.50. The van der Waals surface area contributed by atoms with Gasteiger partial charge >= 0.3 is 12.1 Å². The molecule has 110 valence electrons. The largest absolute Gasteiger partial charge is 0.468 e. The number of unbranched alkanes of at least 4 members (excludes halogenated alkanes) is 1. The predicted molar refractivity (Wildman–Crippen MR) is 82.6 cm³/mol. The highest BCUT2D eigenvalue weighted by Gasteiger charge is 2.23. The van der Waals surface area contributed by atoms with E-state index in [9.17, 15) is 9.59 Å². The van der Waals surface area contributed by atoms with Crippen LogP contribution >= 0.6 is 22.6 Å². The molecule has 1 amide bonds. The summed E-state index contributed by atoms with van der Waals surface area (Å²) < 4.78 is 10.6. The number of amides is 1. The summed E-state index contributed by atoms with van der Waals surface area (Å²) in [6.07, 6.45) is 4.27. The summed E-state index contributed by atoms with van der Waals surface area (Å²) in [5, 5.41) is 0. The lowest BCUT2D eigenvalue weighted by Gasteiger charge is -2.21. The number of anilines is 1. The molecule has 6 nitrogen and oxygen atoms in total. The average molecular weight is 392 g/mol. The van der Waals surface area contributed by atoms with Gasteiger partial charge in [-0.1, -0.05) is 13.3 Å². The highest BCUT2D eigenvalue weighted by atomic mass is 127. The van der Waals surface area contributed by atoms with Gasteiger partial charge in [0.25, 0.3) is 0 Å². The maximum Gasteiger partial charge on any atom is 0.414 e. The number of rotatable bonds is 6. The SMILES string of the molecule is CCCCOC(=O)N(CC(=O)OC)c1cnccc1I. The van der Waals surface area contributed by atoms with Gasteiger partial charge in [0.2, 0.25) is 0 Å². The molecule has 0 bridgehead atoms. The molecule has 0 fully saturated rings. The number of hydrogen-bond donors (Lipinski definition) is 0. The van der Waals surface area contributed by atoms with Gasteiger partial charge in [-0.2, -0.15) is 0 Å². The van der Waals surface area contributed by atoms with Gasteiger partial charge in [0.15, 0.2) is 0 Å². The molecule has 0 aromatic carbocycles. The smallest absolute Gasteiger partial charge is 0.414 e. The first-order chi connectivity index (χ1) is 9.60. The monoisotopic (exact) mass is 392 g/mol. The van der Waals surface area contributed by atoms with Crippen LogP contribution in [0.5, 0.6) is 0 Å². The van der Waals surface area contributed by atoms with Gasteiger partial charge in [-0.25, -0.2) is 4.79 Å². The Balaban J connectivity index is 2.88. The van der Waals surface area contributed by atoms with E-state index in [0.717, 1.165) is 16.4 Å². The molecule has 0 aliphatic rings. The lowest BCUT2D eigenvalue weighted by atomic mass is 10.3. The minimum atomic E-state index is -0.574. The number of pyridine rings is 1. The fraction of sp³-hybridized carbons (Fsp3) is 0.462. The van der Waals surface area contributed by atoms with E-state index in [1.165, 1.54) is 18.2 Å². The second kappa shape index (κ2) is 8.72. The van der Waals surface area contributed by atoms with Crippen molar-refractivity contribution in [1.82, 2.24) is 4.98 Å². The highest BCUT2D eigenvalue weighted by Crippen LogP contribution is 2.21. The van der Waals surface area contributed by atoms with Gasteiger partial charge in [-0.3, -0.25) is 14.7 Å². The van der Waals surface area contributed by atoms with Crippen molar-refractivity contribution >= 4 is 40.3 Å². The maximum atomic E-state index is 12.1. The van der Waals surface area contributed by atoms with Gasteiger partial charge in [0, 0.05) is 9.77 Å². The van der Waals surface area contributed by atoms with Gasteiger partial charge in [-0.15, -0.1) is 0 Å². The lowest BCUT2D eigenvalue weighted by molar-refractivity contribution is -0.138. The molecule has 0 aliphatic heterocycles. The standard InChI is InChI=1S/C13H17IN2O4/c1-3-4-7-20-13(18)16(9-12(17)19-2)11-8-15-6-5-10(11)14/h5-6,8H,3-4,7,9H2,1-2H3. The Kier molecular flexibility index (Phi) is 7.27. The van der Waals surface area contributed by atoms with E-state index in [0.29, 0.717) is 12.3 Å². The van der Waals surface area contributed by atoms with E-state index in [-0.39, 0.29) is 6.54 Å². The van der Waals surface area contributed by atoms with E-state index in [1.54, 1.807) is 12.3 Å². The Morgan fingerprint density at radius 1 is 1.45 bits per heavy atom. The molecule has 0 saturated heterocycles. The number of halogens is 1. The average Bonchev–Trinajstić information content (AvgIpc) is 2.45. The lowest BCUT2D eigenvalue weighted by Crippen LogP contribution is -2.37. The van der Waals surface area contributed by atoms with Crippen molar-refractivity contribution in [3.63, 3.8) is 0 Å². The first-order valence-electron chi connectivity index (χ1n) is 6.20. The Hall–Kier alpha value is -1.38. The van der Waals surface area contributed by atoms with Gasteiger partial charge in [0.05, 0.1) is 25.6 Å². The van der Waals surface area contributed by atoms with Crippen LogP contribution in [0.15, 0.2) is 18.5 Å². The third kappa shape index (κ3) is 4.95. The number of esters is 1. The molecule has 0 spiro atoms. The van der Waals surface area contributed by atoms with Crippen LogP contribution < -0.4 is 4.90 Å². The van der Waals surface area contributed by atoms with Crippen LogP contribution in [0.1, 0.15) is 19.8 Å². The van der Waals surface area contributed by atoms with Crippen LogP contribution in [0.25, 0.3) is 0 Å². The fourth-order valence-corrected chi connectivity index (χ4v) is 1.98. The van der Waals surface area contributed by atoms with E-state index in [2.05, 4.69) is 32.3 Å². The molecule has 0 atom stereocenters. The van der Waals surface area contributed by atoms with Crippen LogP contribution in [0.2, 0.25) is 0 Å². The molecule has 7 heteroatoms. The van der Waals surface area contributed by atoms with Gasteiger partial charge < -0.3 is 9.47 Å². The highest BCUT2D eigenvalue weighted by molar-refractivity contribution is 14.1. The second-order valence-corrected chi connectivity index (χ2v) is 5.12. The molecule has 0 aliphatic carbocycles. The zero-order chi connectivity index (χ0) is 15.0. The fourth-order valence-electron chi connectivity index (χ4n) is 1.39. The minimum Gasteiger partial charge on any atom is -0.468 e. The maximum absolute atomic E-state index is 12.1. The number of methoxy groups -OCH3 is 1. The van der Waals surface area contributed by atoms with Crippen LogP contribution in [-0.2, 0) is 14.3 Å². The van der Waals surface area contributed by atoms with Gasteiger partial charge in [-0.05, 0) is 35.1 Å². The minimum absolute atomic E-state index is 0.205. The first-order valence-corrected chi connectivity index (χ1v) is 7.28. The van der Waals surface area contributed by atoms with Crippen molar-refractivity contribution in [3.8, 4) is 0 Å². The molecule has 1 aromatic rings. The van der Waals surface area contributed by atoms with Crippen molar-refractivity contribution in [2.75, 3.05) is 25.2 Å². The van der Waals surface area contributed by atoms with Gasteiger partial charge in [0.1, 0.15) is 6.54 Å². The first kappa shape index (κ1) is 16.7. The van der Waals surface area contributed by atoms with Crippen LogP contribution in [-0.4, -0.2) is 37.3 Å². The quantitative estimate of drug-likeness (QED) is 0.423. The van der Waals surface area contributed by atoms with E-state index in [4.69, 9.17) is 4.74 Å². The zero-order valence-electron chi connectivity index (χ0n) is 11.5. The summed E-state index contributed by atoms with van der Waals surface area (Å²) in [5.41, 5.74) is 0.528. The second-order valence-electron chi connectivity index (χ2n) is 3.96. The summed E-state index contributed by atoms with van der Waals surface area (Å²) >= 11 is 2.07. The molecule has 0 saturated carbocycles. The number of aromatic nitrogens is 1. The third-order valence-corrected chi connectivity index (χ3v) is 3.41. The van der Waals surface area contributed by atoms with Crippen LogP contribution in [0.3, 0.4) is 0 Å². The Morgan fingerprint density at radius 2 is 2.20 bits per heavy atom. The molecule has 20 heavy (non-hydrogen) atoms. The number of hydrogen-bond acceptors (Lipinski definition) is 5. The van der Waals surface area contributed by atoms with Crippen LogP contribution in [0.4, 0.5) is 10.5 Å². The molecule has 1 aromatic heterocycles. The molecule has 1 rings (SSSR count). The molecular weight excluding hydrogens is 375 g/mol. The summed E-state index contributed by atoms with van der Waals surface area (Å²) in [7, 11) is 1.27. The van der Waals surface area contributed by atoms with Crippen molar-refractivity contribution in [2.45, 2.75) is 19.8 Å². The molecule has 1 heterocycles. The van der Waals surface area contributed by atoms with Crippen molar-refractivity contribution in [3.05, 3.63) is 22.0 Å². The molecule has 0 radical (unpaired) electrons. The summed E-state index contributed by atoms with van der Waals surface area (Å²) in [4.78, 5) is 28.7. The normalized spacial score (nSPS) is 9.95. The predicted octanol–water partition coefficient (Wildman–Crippen LogP) is 2.60. The summed E-state index contributed by atoms with van der Waals surface area (Å²) in [6, 6.07) is 1.75. The van der Waals surface area contributed by atoms with Crippen molar-refractivity contribution < 1.29 is 19.1 Å². The molecule has 0 N–H and O–H groups in total. The Morgan fingerprint density at radius 3 is 2.80 bits per heavy atom. The molecular formula is C13H17IN2O4. The van der Waals surface area contributed by atoms with Crippen molar-refractivity contribution in [2.24, 2.45) is 0 Å². The molecule has 0 unspecified atom stereocenters. The number of carbonyl (C=O) groups excluding carboxylic acids is 2. The Labute approximate surface area is 131 Å². The van der Waals surface area contributed by atoms with E-state index >= 15 is 0 Å². The Bertz CT molecular complexity index is 467. The van der Waals surface area contributed by atoms with E-state index < -0.39 is 12.1 Å². The zero-order valence-corrected chi connectivity index (χ0v) is 13.6. The number of carbonyl (C=O) groups is 2. The number of ether oxygens (including phenoxy) is 2.